The van der Waals surface area contributed by atoms with E-state index in [0.29, 0.717) is 5.56 Å². The molecular weight excluding hydrogens is 300 g/mol. The summed E-state index contributed by atoms with van der Waals surface area (Å²) in [7, 11) is 0. The number of nitrogens with zero attached hydrogens (tertiary/aromatic N) is 1. The van der Waals surface area contributed by atoms with Gasteiger partial charge in [0.15, 0.2) is 0 Å². The van der Waals surface area contributed by atoms with Crippen LogP contribution in [0.4, 0.5) is 0 Å². The van der Waals surface area contributed by atoms with Gasteiger partial charge in [-0.15, -0.1) is 11.3 Å². The molecule has 0 unspecified atom stereocenters. The molecule has 1 aromatic carbocycles. The van der Waals surface area contributed by atoms with Crippen molar-refractivity contribution < 1.29 is 4.79 Å². The van der Waals surface area contributed by atoms with Gasteiger partial charge in [-0.1, -0.05) is 18.2 Å². The molecule has 0 saturated carbocycles. The fraction of sp³-hybridized carbons (Fsp3) is 0. The predicted molar refractivity (Wildman–Crippen MR) is 73.5 cm³/mol. The van der Waals surface area contributed by atoms with E-state index in [-0.39, 0.29) is 5.91 Å². The fourth-order valence-corrected chi connectivity index (χ4v) is 2.27. The van der Waals surface area contributed by atoms with Crippen molar-refractivity contribution in [3.8, 4) is 0 Å². The van der Waals surface area contributed by atoms with Gasteiger partial charge in [0.25, 0.3) is 5.91 Å². The summed E-state index contributed by atoms with van der Waals surface area (Å²) in [5.41, 5.74) is 3.05. The standard InChI is InChI=1S/C12H9BrN2OS/c13-11-6-2-1-5-10(11)12(16)15-14-8-9-4-3-7-17-9/h1-8H,(H,15,16)/b14-8-. The lowest BCUT2D eigenvalue weighted by Crippen LogP contribution is -2.17. The van der Waals surface area contributed by atoms with Gasteiger partial charge in [-0.05, 0) is 39.5 Å². The maximum atomic E-state index is 11.7. The zero-order valence-electron chi connectivity index (χ0n) is 8.76. The van der Waals surface area contributed by atoms with Crippen LogP contribution >= 0.6 is 27.3 Å². The Hall–Kier alpha value is -1.46. The largest absolute Gasteiger partial charge is 0.272 e. The molecule has 1 N–H and O–H groups in total. The number of benzene rings is 1. The molecule has 0 aliphatic carbocycles. The van der Waals surface area contributed by atoms with Crippen molar-refractivity contribution in [2.45, 2.75) is 0 Å². The van der Waals surface area contributed by atoms with Gasteiger partial charge < -0.3 is 0 Å². The molecule has 0 atom stereocenters. The molecule has 2 rings (SSSR count). The lowest BCUT2D eigenvalue weighted by Gasteiger charge is -2.01. The van der Waals surface area contributed by atoms with E-state index in [1.165, 1.54) is 0 Å². The topological polar surface area (TPSA) is 41.5 Å². The molecule has 0 aliphatic rings. The van der Waals surface area contributed by atoms with Crippen LogP contribution in [0.15, 0.2) is 51.4 Å². The van der Waals surface area contributed by atoms with Crippen LogP contribution in [0.5, 0.6) is 0 Å². The summed E-state index contributed by atoms with van der Waals surface area (Å²) in [4.78, 5) is 12.7. The van der Waals surface area contributed by atoms with E-state index in [1.54, 1.807) is 23.6 Å². The molecule has 0 aliphatic heterocycles. The first-order valence-electron chi connectivity index (χ1n) is 4.89. The molecule has 86 valence electrons. The third kappa shape index (κ3) is 3.25. The number of nitrogens with one attached hydrogen (secondary N) is 1. The Kier molecular flexibility index (Phi) is 4.06. The van der Waals surface area contributed by atoms with E-state index in [2.05, 4.69) is 26.5 Å². The molecular formula is C12H9BrN2OS. The molecule has 0 saturated heterocycles. The van der Waals surface area contributed by atoms with Crippen LogP contribution in [0.2, 0.25) is 0 Å². The average Bonchev–Trinajstić information content (AvgIpc) is 2.82. The molecule has 0 spiro atoms. The van der Waals surface area contributed by atoms with Crippen LogP contribution in [-0.4, -0.2) is 12.1 Å². The summed E-state index contributed by atoms with van der Waals surface area (Å²) >= 11 is 4.88. The molecule has 1 aromatic heterocycles. The lowest BCUT2D eigenvalue weighted by molar-refractivity contribution is 0.0954. The second-order valence-electron chi connectivity index (χ2n) is 3.19. The highest BCUT2D eigenvalue weighted by Crippen LogP contribution is 2.15. The summed E-state index contributed by atoms with van der Waals surface area (Å²) in [6, 6.07) is 11.1. The monoisotopic (exact) mass is 308 g/mol. The Morgan fingerprint density at radius 3 is 2.82 bits per heavy atom. The van der Waals surface area contributed by atoms with Gasteiger partial charge in [0.05, 0.1) is 11.8 Å². The number of rotatable bonds is 3. The number of halogens is 1. The van der Waals surface area contributed by atoms with Crippen LogP contribution in [0.3, 0.4) is 0 Å². The third-order valence-electron chi connectivity index (χ3n) is 2.02. The molecule has 0 bridgehead atoms. The maximum Gasteiger partial charge on any atom is 0.272 e. The highest BCUT2D eigenvalue weighted by Gasteiger charge is 2.07. The number of hydrogen-bond acceptors (Lipinski definition) is 3. The number of amides is 1. The van der Waals surface area contributed by atoms with Gasteiger partial charge in [0, 0.05) is 9.35 Å². The number of hydrazone groups is 1. The molecule has 2 aromatic rings. The minimum atomic E-state index is -0.231. The Balaban J connectivity index is 2.01. The number of carbonyl (C=O) groups is 1. The van der Waals surface area contributed by atoms with Crippen LogP contribution in [-0.2, 0) is 0 Å². The predicted octanol–water partition coefficient (Wildman–Crippen LogP) is 3.27. The van der Waals surface area contributed by atoms with Crippen LogP contribution < -0.4 is 5.43 Å². The zero-order chi connectivity index (χ0) is 12.1. The lowest BCUT2D eigenvalue weighted by atomic mass is 10.2. The first-order valence-corrected chi connectivity index (χ1v) is 6.56. The van der Waals surface area contributed by atoms with Crippen molar-refractivity contribution in [2.75, 3.05) is 0 Å². The molecule has 1 heterocycles. The fourth-order valence-electron chi connectivity index (χ4n) is 1.22. The van der Waals surface area contributed by atoms with E-state index in [0.717, 1.165) is 9.35 Å². The van der Waals surface area contributed by atoms with Gasteiger partial charge in [-0.3, -0.25) is 4.79 Å². The first kappa shape index (κ1) is 12.0. The Morgan fingerprint density at radius 1 is 1.29 bits per heavy atom. The second-order valence-corrected chi connectivity index (χ2v) is 5.03. The van der Waals surface area contributed by atoms with E-state index in [1.807, 2.05) is 35.7 Å². The van der Waals surface area contributed by atoms with Crippen LogP contribution in [0.1, 0.15) is 15.2 Å². The van der Waals surface area contributed by atoms with Crippen molar-refractivity contribution >= 4 is 39.4 Å². The van der Waals surface area contributed by atoms with Gasteiger partial charge in [0.2, 0.25) is 0 Å². The normalized spacial score (nSPS) is 10.6. The van der Waals surface area contributed by atoms with Crippen molar-refractivity contribution in [3.63, 3.8) is 0 Å². The number of carbonyl (C=O) groups excluding carboxylic acids is 1. The van der Waals surface area contributed by atoms with Crippen molar-refractivity contribution in [1.82, 2.24) is 5.43 Å². The van der Waals surface area contributed by atoms with E-state index < -0.39 is 0 Å². The number of hydrogen-bond donors (Lipinski definition) is 1. The summed E-state index contributed by atoms with van der Waals surface area (Å²) in [6.07, 6.45) is 1.62. The minimum Gasteiger partial charge on any atom is -0.267 e. The van der Waals surface area contributed by atoms with Gasteiger partial charge in [-0.2, -0.15) is 5.10 Å². The summed E-state index contributed by atoms with van der Waals surface area (Å²) in [6.45, 7) is 0. The molecule has 0 fully saturated rings. The van der Waals surface area contributed by atoms with E-state index >= 15 is 0 Å². The third-order valence-corrected chi connectivity index (χ3v) is 3.52. The zero-order valence-corrected chi connectivity index (χ0v) is 11.2. The van der Waals surface area contributed by atoms with Crippen LogP contribution in [0.25, 0.3) is 0 Å². The molecule has 5 heteroatoms. The van der Waals surface area contributed by atoms with E-state index in [4.69, 9.17) is 0 Å². The first-order chi connectivity index (χ1) is 8.27. The Morgan fingerprint density at radius 2 is 2.12 bits per heavy atom. The molecule has 0 radical (unpaired) electrons. The summed E-state index contributed by atoms with van der Waals surface area (Å²) in [5.74, 6) is -0.231. The van der Waals surface area contributed by atoms with E-state index in [9.17, 15) is 4.79 Å². The quantitative estimate of drug-likeness (QED) is 0.686. The highest BCUT2D eigenvalue weighted by atomic mass is 79.9. The smallest absolute Gasteiger partial charge is 0.267 e. The molecule has 3 nitrogen and oxygen atoms in total. The highest BCUT2D eigenvalue weighted by molar-refractivity contribution is 9.10. The second kappa shape index (κ2) is 5.75. The minimum absolute atomic E-state index is 0.231. The Labute approximate surface area is 111 Å². The maximum absolute atomic E-state index is 11.7. The SMILES string of the molecule is O=C(N/N=C\c1cccs1)c1ccccc1Br. The summed E-state index contributed by atoms with van der Waals surface area (Å²) in [5, 5.41) is 5.85. The van der Waals surface area contributed by atoms with Crippen molar-refractivity contribution in [2.24, 2.45) is 5.10 Å². The van der Waals surface area contributed by atoms with Crippen LogP contribution in [0, 0.1) is 0 Å². The number of thiophene rings is 1. The molecule has 17 heavy (non-hydrogen) atoms. The van der Waals surface area contributed by atoms with Gasteiger partial charge >= 0.3 is 0 Å². The Bertz CT molecular complexity index is 537. The molecule has 1 amide bonds. The van der Waals surface area contributed by atoms with Gasteiger partial charge in [-0.25, -0.2) is 5.43 Å². The van der Waals surface area contributed by atoms with Crippen molar-refractivity contribution in [3.05, 3.63) is 56.7 Å². The van der Waals surface area contributed by atoms with Crippen molar-refractivity contribution in [1.29, 1.82) is 0 Å². The average molecular weight is 309 g/mol. The van der Waals surface area contributed by atoms with Gasteiger partial charge in [0.1, 0.15) is 0 Å². The summed E-state index contributed by atoms with van der Waals surface area (Å²) < 4.78 is 0.754.